The molecule has 0 saturated carbocycles. The number of carbonyl (C=O) groups excluding carboxylic acids is 2. The zero-order valence-electron chi connectivity index (χ0n) is 15.6. The van der Waals surface area contributed by atoms with E-state index in [0.29, 0.717) is 30.7 Å². The van der Waals surface area contributed by atoms with E-state index in [2.05, 4.69) is 50.6 Å². The van der Waals surface area contributed by atoms with Crippen molar-refractivity contribution in [1.29, 1.82) is 0 Å². The monoisotopic (exact) mass is 337 g/mol. The highest BCUT2D eigenvalue weighted by Crippen LogP contribution is 2.00. The van der Waals surface area contributed by atoms with Crippen LogP contribution in [0.1, 0.15) is 34.1 Å². The van der Waals surface area contributed by atoms with Crippen LogP contribution in [0.25, 0.3) is 0 Å². The van der Waals surface area contributed by atoms with Gasteiger partial charge < -0.3 is 14.8 Å². The molecule has 0 amide bonds. The van der Waals surface area contributed by atoms with Gasteiger partial charge in [0.15, 0.2) is 0 Å². The molecule has 0 atom stereocenters. The quantitative estimate of drug-likeness (QED) is 0.318. The first kappa shape index (κ1) is 24.1. The molecule has 0 aliphatic carbocycles. The molecule has 0 rings (SSSR count). The van der Waals surface area contributed by atoms with Gasteiger partial charge in [-0.15, -0.1) is 0 Å². The molecule has 0 radical (unpaired) electrons. The van der Waals surface area contributed by atoms with Crippen LogP contribution in [0.15, 0.2) is 49.1 Å². The lowest BCUT2D eigenvalue weighted by atomic mass is 10.1. The predicted octanol–water partition coefficient (Wildman–Crippen LogP) is 3.34. The van der Waals surface area contributed by atoms with Crippen molar-refractivity contribution in [1.82, 2.24) is 5.32 Å². The van der Waals surface area contributed by atoms with Crippen molar-refractivity contribution in [3.63, 3.8) is 0 Å². The lowest BCUT2D eigenvalue weighted by Gasteiger charge is -2.20. The van der Waals surface area contributed by atoms with Gasteiger partial charge in [0.2, 0.25) is 0 Å². The second kappa shape index (κ2) is 13.3. The molecular weight excluding hydrogens is 306 g/mol. The zero-order chi connectivity index (χ0) is 19.2. The third kappa shape index (κ3) is 16.2. The maximum Gasteiger partial charge on any atom is 0.333 e. The number of hydrogen-bond donors (Lipinski definition) is 1. The molecule has 0 saturated heterocycles. The molecule has 24 heavy (non-hydrogen) atoms. The number of esters is 2. The molecule has 136 valence electrons. The van der Waals surface area contributed by atoms with Gasteiger partial charge in [-0.2, -0.15) is 0 Å². The Bertz CT molecular complexity index is 470. The van der Waals surface area contributed by atoms with Crippen LogP contribution in [0, 0.1) is 0 Å². The number of carbonyl (C=O) groups is 2. The highest BCUT2D eigenvalue weighted by molar-refractivity contribution is 5.87. The van der Waals surface area contributed by atoms with E-state index in [1.54, 1.807) is 25.2 Å². The van der Waals surface area contributed by atoms with E-state index in [1.165, 1.54) is 7.11 Å². The Hall–Kier alpha value is -2.14. The van der Waals surface area contributed by atoms with Crippen LogP contribution in [0.4, 0.5) is 0 Å². The van der Waals surface area contributed by atoms with Crippen LogP contribution < -0.4 is 5.32 Å². The van der Waals surface area contributed by atoms with Crippen molar-refractivity contribution >= 4 is 11.9 Å². The standard InChI is InChI=1S/C10H19NO2.C9H12O2/c1-8(2)9(12)13-7-6-11-10(3,4)5;1-4-5-6-7-8(2)9(10)11-3/h11H,1,6-7H2,2-5H3;4-6H,1-2,7H2,3H3. The van der Waals surface area contributed by atoms with Gasteiger partial charge in [0.05, 0.1) is 7.11 Å². The van der Waals surface area contributed by atoms with Crippen molar-refractivity contribution in [2.75, 3.05) is 20.3 Å². The van der Waals surface area contributed by atoms with Gasteiger partial charge in [-0.3, -0.25) is 0 Å². The summed E-state index contributed by atoms with van der Waals surface area (Å²) in [5.41, 5.74) is 0.955. The van der Waals surface area contributed by atoms with Crippen LogP contribution in [0.5, 0.6) is 0 Å². The Morgan fingerprint density at radius 2 is 1.75 bits per heavy atom. The van der Waals surface area contributed by atoms with Crippen molar-refractivity contribution in [2.45, 2.75) is 39.7 Å². The van der Waals surface area contributed by atoms with Gasteiger partial charge in [-0.1, -0.05) is 38.0 Å². The van der Waals surface area contributed by atoms with Crippen LogP contribution in [-0.2, 0) is 19.1 Å². The third-order valence-corrected chi connectivity index (χ3v) is 2.45. The first-order chi connectivity index (χ1) is 11.0. The number of methoxy groups -OCH3 is 1. The maximum atomic E-state index is 10.9. The summed E-state index contributed by atoms with van der Waals surface area (Å²) in [6.07, 6.45) is 5.71. The Balaban J connectivity index is 0. The first-order valence-corrected chi connectivity index (χ1v) is 7.66. The molecule has 0 aromatic carbocycles. The number of rotatable bonds is 8. The Kier molecular flexibility index (Phi) is 13.4. The van der Waals surface area contributed by atoms with E-state index >= 15 is 0 Å². The lowest BCUT2D eigenvalue weighted by molar-refractivity contribution is -0.139. The largest absolute Gasteiger partial charge is 0.466 e. The molecular formula is C19H31NO4. The normalized spacial score (nSPS) is 10.4. The molecule has 0 spiro atoms. The molecule has 0 aliphatic rings. The minimum absolute atomic E-state index is 0.0651. The van der Waals surface area contributed by atoms with E-state index in [4.69, 9.17) is 4.74 Å². The summed E-state index contributed by atoms with van der Waals surface area (Å²) >= 11 is 0. The molecule has 5 heteroatoms. The Labute approximate surface area is 146 Å². The van der Waals surface area contributed by atoms with Gasteiger partial charge in [-0.25, -0.2) is 9.59 Å². The van der Waals surface area contributed by atoms with E-state index in [-0.39, 0.29) is 17.5 Å². The summed E-state index contributed by atoms with van der Waals surface area (Å²) in [6, 6.07) is 0. The predicted molar refractivity (Wildman–Crippen MR) is 98.6 cm³/mol. The fourth-order valence-electron chi connectivity index (χ4n) is 1.23. The third-order valence-electron chi connectivity index (χ3n) is 2.45. The van der Waals surface area contributed by atoms with Gasteiger partial charge >= 0.3 is 11.9 Å². The summed E-state index contributed by atoms with van der Waals surface area (Å²) in [7, 11) is 1.34. The van der Waals surface area contributed by atoms with Crippen molar-refractivity contribution in [3.05, 3.63) is 49.1 Å². The highest BCUT2D eigenvalue weighted by Gasteiger charge is 2.08. The maximum absolute atomic E-state index is 10.9. The molecule has 1 N–H and O–H groups in total. The average molecular weight is 337 g/mol. The fraction of sp³-hybridized carbons (Fsp3) is 0.474. The van der Waals surface area contributed by atoms with E-state index in [1.807, 2.05) is 0 Å². The molecule has 0 bridgehead atoms. The van der Waals surface area contributed by atoms with E-state index in [0.717, 1.165) is 0 Å². The second-order valence-corrected chi connectivity index (χ2v) is 6.06. The van der Waals surface area contributed by atoms with Crippen molar-refractivity contribution in [3.8, 4) is 0 Å². The first-order valence-electron chi connectivity index (χ1n) is 7.66. The van der Waals surface area contributed by atoms with E-state index in [9.17, 15) is 9.59 Å². The number of allylic oxidation sites excluding steroid dienone is 3. The molecule has 0 aromatic heterocycles. The van der Waals surface area contributed by atoms with Crippen LogP contribution in [0.2, 0.25) is 0 Å². The molecule has 0 aromatic rings. The molecule has 0 unspecified atom stereocenters. The highest BCUT2D eigenvalue weighted by atomic mass is 16.5. The SMILES string of the molecule is C=C(C)C(=O)OCCNC(C)(C)C.C=CC=CCC(=C)C(=O)OC. The van der Waals surface area contributed by atoms with Crippen molar-refractivity contribution in [2.24, 2.45) is 0 Å². The minimum Gasteiger partial charge on any atom is -0.466 e. The van der Waals surface area contributed by atoms with Crippen LogP contribution >= 0.6 is 0 Å². The lowest BCUT2D eigenvalue weighted by Crippen LogP contribution is -2.38. The van der Waals surface area contributed by atoms with Crippen LogP contribution in [-0.4, -0.2) is 37.7 Å². The zero-order valence-corrected chi connectivity index (χ0v) is 15.6. The topological polar surface area (TPSA) is 64.6 Å². The van der Waals surface area contributed by atoms with E-state index < -0.39 is 0 Å². The molecule has 0 heterocycles. The van der Waals surface area contributed by atoms with Gasteiger partial charge in [0, 0.05) is 23.2 Å². The Morgan fingerprint density at radius 1 is 1.17 bits per heavy atom. The summed E-state index contributed by atoms with van der Waals surface area (Å²) in [4.78, 5) is 21.6. The molecule has 0 aliphatic heterocycles. The fourth-order valence-corrected chi connectivity index (χ4v) is 1.23. The molecule has 0 fully saturated rings. The summed E-state index contributed by atoms with van der Waals surface area (Å²) in [6.45, 7) is 19.4. The summed E-state index contributed by atoms with van der Waals surface area (Å²) in [5.74, 6) is -0.686. The van der Waals surface area contributed by atoms with Gasteiger partial charge in [0.25, 0.3) is 0 Å². The van der Waals surface area contributed by atoms with Gasteiger partial charge in [-0.05, 0) is 34.1 Å². The van der Waals surface area contributed by atoms with Crippen LogP contribution in [0.3, 0.4) is 0 Å². The smallest absolute Gasteiger partial charge is 0.333 e. The number of ether oxygens (including phenoxy) is 2. The second-order valence-electron chi connectivity index (χ2n) is 6.06. The summed E-state index contributed by atoms with van der Waals surface area (Å²) < 4.78 is 9.34. The van der Waals surface area contributed by atoms with Crippen molar-refractivity contribution < 1.29 is 19.1 Å². The molecule has 5 nitrogen and oxygen atoms in total. The summed E-state index contributed by atoms with van der Waals surface area (Å²) in [5, 5.41) is 3.21. The average Bonchev–Trinajstić information content (AvgIpc) is 2.50. The number of nitrogens with one attached hydrogen (secondary N) is 1. The Morgan fingerprint density at radius 3 is 2.17 bits per heavy atom. The van der Waals surface area contributed by atoms with Gasteiger partial charge in [0.1, 0.15) is 6.61 Å². The number of hydrogen-bond acceptors (Lipinski definition) is 5. The minimum atomic E-state index is -0.362.